The van der Waals surface area contributed by atoms with Gasteiger partial charge in [-0.1, -0.05) is 86.7 Å². The Balaban J connectivity index is 2.04. The van der Waals surface area contributed by atoms with Gasteiger partial charge in [0.15, 0.2) is 0 Å². The van der Waals surface area contributed by atoms with Gasteiger partial charge in [0.25, 0.3) is 0 Å². The van der Waals surface area contributed by atoms with Crippen molar-refractivity contribution in [3.05, 3.63) is 83.9 Å². The van der Waals surface area contributed by atoms with Crippen LogP contribution in [0.2, 0.25) is 0 Å². The Hall–Kier alpha value is -2.88. The highest BCUT2D eigenvalue weighted by atomic mass is 16.5. The van der Waals surface area contributed by atoms with Gasteiger partial charge >= 0.3 is 11.9 Å². The molecule has 0 saturated carbocycles. The standard InChI is InChI=1S/C24H26O4/c1-16(2)15-28-24(27)22-20(18-11-7-4-8-12-18)14-13-19(21(22)23(25)26)17-9-5-3-6-10-17/h3-14,16,19-22H,15H2,1-2H3,(H,25,26). The highest BCUT2D eigenvalue weighted by molar-refractivity contribution is 5.84. The molecule has 0 amide bonds. The SMILES string of the molecule is CC(C)COC(=O)C1C(c2ccccc2)C=CC(c2ccccc2)C1C(=O)O. The number of ether oxygens (including phenoxy) is 1. The number of carbonyl (C=O) groups excluding carboxylic acids is 1. The summed E-state index contributed by atoms with van der Waals surface area (Å²) in [6, 6.07) is 19.1. The van der Waals surface area contributed by atoms with E-state index in [9.17, 15) is 14.7 Å². The first-order valence-electron chi connectivity index (χ1n) is 9.66. The number of carbonyl (C=O) groups is 2. The summed E-state index contributed by atoms with van der Waals surface area (Å²) in [5.74, 6) is -3.62. The van der Waals surface area contributed by atoms with Crippen molar-refractivity contribution in [1.82, 2.24) is 0 Å². The lowest BCUT2D eigenvalue weighted by Gasteiger charge is -2.36. The van der Waals surface area contributed by atoms with Crippen molar-refractivity contribution in [3.63, 3.8) is 0 Å². The van der Waals surface area contributed by atoms with Crippen LogP contribution in [0.5, 0.6) is 0 Å². The van der Waals surface area contributed by atoms with Crippen molar-refractivity contribution < 1.29 is 19.4 Å². The number of rotatable bonds is 6. The van der Waals surface area contributed by atoms with Gasteiger partial charge in [-0.25, -0.2) is 0 Å². The van der Waals surface area contributed by atoms with Gasteiger partial charge in [-0.2, -0.15) is 0 Å². The van der Waals surface area contributed by atoms with Crippen LogP contribution in [0.3, 0.4) is 0 Å². The highest BCUT2D eigenvalue weighted by Crippen LogP contribution is 2.45. The fraction of sp³-hybridized carbons (Fsp3) is 0.333. The maximum Gasteiger partial charge on any atom is 0.310 e. The van der Waals surface area contributed by atoms with Crippen LogP contribution >= 0.6 is 0 Å². The van der Waals surface area contributed by atoms with E-state index in [4.69, 9.17) is 4.74 Å². The van der Waals surface area contributed by atoms with Crippen LogP contribution in [-0.4, -0.2) is 23.7 Å². The summed E-state index contributed by atoms with van der Waals surface area (Å²) in [6.45, 7) is 4.21. The van der Waals surface area contributed by atoms with E-state index in [1.807, 2.05) is 86.7 Å². The molecule has 1 aliphatic carbocycles. The largest absolute Gasteiger partial charge is 0.481 e. The van der Waals surface area contributed by atoms with Crippen molar-refractivity contribution >= 4 is 11.9 Å². The number of esters is 1. The van der Waals surface area contributed by atoms with Gasteiger partial charge in [0.2, 0.25) is 0 Å². The van der Waals surface area contributed by atoms with E-state index in [2.05, 4.69) is 0 Å². The van der Waals surface area contributed by atoms with E-state index in [0.29, 0.717) is 0 Å². The number of benzene rings is 2. The molecule has 1 N–H and O–H groups in total. The summed E-state index contributed by atoms with van der Waals surface area (Å²) < 4.78 is 5.52. The van der Waals surface area contributed by atoms with Crippen LogP contribution in [0.15, 0.2) is 72.8 Å². The van der Waals surface area contributed by atoms with Crippen LogP contribution in [0.25, 0.3) is 0 Å². The van der Waals surface area contributed by atoms with Crippen LogP contribution in [0, 0.1) is 17.8 Å². The number of aliphatic carboxylic acids is 1. The van der Waals surface area contributed by atoms with Gasteiger partial charge in [-0.3, -0.25) is 9.59 Å². The van der Waals surface area contributed by atoms with Gasteiger partial charge in [-0.05, 0) is 17.0 Å². The van der Waals surface area contributed by atoms with Gasteiger partial charge in [0.05, 0.1) is 18.4 Å². The molecule has 0 radical (unpaired) electrons. The summed E-state index contributed by atoms with van der Waals surface area (Å²) in [4.78, 5) is 25.4. The third kappa shape index (κ3) is 4.33. The number of hydrogen-bond acceptors (Lipinski definition) is 3. The molecule has 1 aliphatic rings. The van der Waals surface area contributed by atoms with Crippen LogP contribution in [0.1, 0.15) is 36.8 Å². The first-order chi connectivity index (χ1) is 13.5. The second-order valence-corrected chi connectivity index (χ2v) is 7.67. The van der Waals surface area contributed by atoms with Crippen LogP contribution in [0.4, 0.5) is 0 Å². The van der Waals surface area contributed by atoms with Crippen LogP contribution in [-0.2, 0) is 14.3 Å². The van der Waals surface area contributed by atoms with Crippen molar-refractivity contribution in [2.45, 2.75) is 25.7 Å². The number of carboxylic acids is 1. The summed E-state index contributed by atoms with van der Waals surface area (Å²) in [7, 11) is 0. The average molecular weight is 378 g/mol. The van der Waals surface area contributed by atoms with Gasteiger partial charge in [0.1, 0.15) is 0 Å². The van der Waals surface area contributed by atoms with E-state index >= 15 is 0 Å². The number of carboxylic acid groups (broad SMARTS) is 1. The first kappa shape index (κ1) is 19.9. The molecule has 146 valence electrons. The quantitative estimate of drug-likeness (QED) is 0.587. The molecule has 0 aromatic heterocycles. The molecule has 4 nitrogen and oxygen atoms in total. The molecular weight excluding hydrogens is 352 g/mol. The van der Waals surface area contributed by atoms with Gasteiger partial charge < -0.3 is 9.84 Å². The predicted octanol–water partition coefficient (Wildman–Crippen LogP) is 4.64. The molecule has 3 rings (SSSR count). The fourth-order valence-corrected chi connectivity index (χ4v) is 3.86. The molecule has 0 aliphatic heterocycles. The molecule has 2 aromatic carbocycles. The van der Waals surface area contributed by atoms with E-state index in [1.165, 1.54) is 0 Å². The van der Waals surface area contributed by atoms with E-state index in [-0.39, 0.29) is 24.4 Å². The Morgan fingerprint density at radius 1 is 0.857 bits per heavy atom. The Labute approximate surface area is 165 Å². The molecule has 4 unspecified atom stereocenters. The predicted molar refractivity (Wildman–Crippen MR) is 108 cm³/mol. The van der Waals surface area contributed by atoms with Crippen molar-refractivity contribution in [2.75, 3.05) is 6.61 Å². The highest BCUT2D eigenvalue weighted by Gasteiger charge is 2.46. The van der Waals surface area contributed by atoms with Crippen molar-refractivity contribution in [3.8, 4) is 0 Å². The molecule has 0 saturated heterocycles. The molecule has 2 aromatic rings. The minimum Gasteiger partial charge on any atom is -0.481 e. The third-order valence-corrected chi connectivity index (χ3v) is 5.17. The lowest BCUT2D eigenvalue weighted by atomic mass is 9.66. The summed E-state index contributed by atoms with van der Waals surface area (Å²) in [5.41, 5.74) is 1.81. The number of allylic oxidation sites excluding steroid dienone is 2. The number of hydrogen-bond donors (Lipinski definition) is 1. The second-order valence-electron chi connectivity index (χ2n) is 7.67. The molecule has 0 fully saturated rings. The smallest absolute Gasteiger partial charge is 0.310 e. The van der Waals surface area contributed by atoms with Crippen LogP contribution < -0.4 is 0 Å². The topological polar surface area (TPSA) is 63.6 Å². The van der Waals surface area contributed by atoms with E-state index in [0.717, 1.165) is 11.1 Å². The van der Waals surface area contributed by atoms with E-state index in [1.54, 1.807) is 0 Å². The normalized spacial score (nSPS) is 24.1. The summed E-state index contributed by atoms with van der Waals surface area (Å²) >= 11 is 0. The molecule has 28 heavy (non-hydrogen) atoms. The minimum atomic E-state index is -0.981. The molecule has 4 heteroatoms. The lowest BCUT2D eigenvalue weighted by molar-refractivity contribution is -0.160. The first-order valence-corrected chi connectivity index (χ1v) is 9.66. The van der Waals surface area contributed by atoms with Gasteiger partial charge in [0, 0.05) is 11.8 Å². The maximum atomic E-state index is 13.1. The maximum absolute atomic E-state index is 13.1. The zero-order chi connectivity index (χ0) is 20.1. The lowest BCUT2D eigenvalue weighted by Crippen LogP contribution is -2.41. The fourth-order valence-electron chi connectivity index (χ4n) is 3.86. The van der Waals surface area contributed by atoms with Crippen molar-refractivity contribution in [2.24, 2.45) is 17.8 Å². The van der Waals surface area contributed by atoms with Crippen molar-refractivity contribution in [1.29, 1.82) is 0 Å². The molecule has 4 atom stereocenters. The molecule has 0 spiro atoms. The van der Waals surface area contributed by atoms with Gasteiger partial charge in [-0.15, -0.1) is 0 Å². The Bertz CT molecular complexity index is 826. The monoisotopic (exact) mass is 378 g/mol. The Kier molecular flexibility index (Phi) is 6.30. The third-order valence-electron chi connectivity index (χ3n) is 5.17. The second kappa shape index (κ2) is 8.87. The average Bonchev–Trinajstić information content (AvgIpc) is 2.72. The summed E-state index contributed by atoms with van der Waals surface area (Å²) in [5, 5.41) is 10.1. The summed E-state index contributed by atoms with van der Waals surface area (Å²) in [6.07, 6.45) is 3.89. The Morgan fingerprint density at radius 3 is 1.75 bits per heavy atom. The molecular formula is C24H26O4. The Morgan fingerprint density at radius 2 is 1.32 bits per heavy atom. The van der Waals surface area contributed by atoms with E-state index < -0.39 is 23.8 Å². The molecule has 0 heterocycles. The molecule has 0 bridgehead atoms. The zero-order valence-electron chi connectivity index (χ0n) is 16.2. The zero-order valence-corrected chi connectivity index (χ0v) is 16.2. The minimum absolute atomic E-state index is 0.187.